The highest BCUT2D eigenvalue weighted by Crippen LogP contribution is 2.33. The summed E-state index contributed by atoms with van der Waals surface area (Å²) in [5.41, 5.74) is 4.83. The first kappa shape index (κ1) is 26.8. The Morgan fingerprint density at radius 1 is 1.07 bits per heavy atom. The predicted molar refractivity (Wildman–Crippen MR) is 154 cm³/mol. The Hall–Kier alpha value is -4.83. The number of H-pyrrole nitrogens is 1. The average molecular weight is 542 g/mol. The van der Waals surface area contributed by atoms with Crippen molar-refractivity contribution in [2.45, 2.75) is 25.9 Å². The molecule has 0 saturated carbocycles. The summed E-state index contributed by atoms with van der Waals surface area (Å²) in [7, 11) is 2.84. The van der Waals surface area contributed by atoms with Gasteiger partial charge in [-0.15, -0.1) is 0 Å². The molecule has 10 nitrogen and oxygen atoms in total. The molecule has 3 aromatic heterocycles. The number of aryl methyl sites for hydroxylation is 2. The maximum Gasteiger partial charge on any atom is 0.356 e. The number of amides is 1. The first-order valence-electron chi connectivity index (χ1n) is 12.9. The molecule has 0 unspecified atom stereocenters. The van der Waals surface area contributed by atoms with E-state index in [-0.39, 0.29) is 30.4 Å². The topological polar surface area (TPSA) is 130 Å². The van der Waals surface area contributed by atoms with Gasteiger partial charge in [0.15, 0.2) is 5.69 Å². The van der Waals surface area contributed by atoms with Crippen molar-refractivity contribution < 1.29 is 24.2 Å². The number of para-hydroxylation sites is 1. The molecule has 0 fully saturated rings. The Kier molecular flexibility index (Phi) is 7.97. The van der Waals surface area contributed by atoms with Gasteiger partial charge in [-0.1, -0.05) is 30.3 Å². The molecule has 0 aliphatic heterocycles. The van der Waals surface area contributed by atoms with Crippen LogP contribution >= 0.6 is 0 Å². The Bertz CT molecular complexity index is 1670. The summed E-state index contributed by atoms with van der Waals surface area (Å²) < 4.78 is 12.0. The number of hydrogen-bond donors (Lipinski definition) is 4. The van der Waals surface area contributed by atoms with E-state index < -0.39 is 5.97 Å². The minimum absolute atomic E-state index is 0.127. The standard InChI is InChI=1S/C30H31N5O5/c1-39-13-11-26(37)34-27-24-15-21(31-16-19-6-5-7-22(36)14-19)18-33-29(24)35(28(27)30(38)40-2)12-10-20-17-32-25-9-4-3-8-23(20)25/h3-9,14-15,17-18,31-32,36H,10-13,16H2,1-2H3,(H,34,37). The highest BCUT2D eigenvalue weighted by molar-refractivity contribution is 6.11. The minimum Gasteiger partial charge on any atom is -0.508 e. The lowest BCUT2D eigenvalue weighted by Gasteiger charge is -2.11. The molecular weight excluding hydrogens is 510 g/mol. The fourth-order valence-corrected chi connectivity index (χ4v) is 4.81. The van der Waals surface area contributed by atoms with Crippen molar-refractivity contribution >= 4 is 45.2 Å². The first-order chi connectivity index (χ1) is 19.5. The zero-order valence-corrected chi connectivity index (χ0v) is 22.4. The van der Waals surface area contributed by atoms with Crippen LogP contribution in [0.5, 0.6) is 5.75 Å². The number of methoxy groups -OCH3 is 2. The fourth-order valence-electron chi connectivity index (χ4n) is 4.81. The first-order valence-corrected chi connectivity index (χ1v) is 12.9. The van der Waals surface area contributed by atoms with E-state index in [1.165, 1.54) is 14.2 Å². The van der Waals surface area contributed by atoms with Crippen LogP contribution < -0.4 is 10.6 Å². The number of fused-ring (bicyclic) bond motifs is 2. The number of aromatic nitrogens is 3. The van der Waals surface area contributed by atoms with Gasteiger partial charge in [-0.2, -0.15) is 0 Å². The molecule has 0 aliphatic rings. The summed E-state index contributed by atoms with van der Waals surface area (Å²) in [4.78, 5) is 33.9. The molecule has 4 N–H and O–H groups in total. The van der Waals surface area contributed by atoms with Gasteiger partial charge in [0.25, 0.3) is 0 Å². The third-order valence-corrected chi connectivity index (χ3v) is 6.76. The molecule has 0 aliphatic carbocycles. The number of pyridine rings is 1. The maximum absolute atomic E-state index is 13.1. The largest absolute Gasteiger partial charge is 0.508 e. The van der Waals surface area contributed by atoms with E-state index in [2.05, 4.69) is 21.7 Å². The van der Waals surface area contributed by atoms with Gasteiger partial charge >= 0.3 is 5.97 Å². The van der Waals surface area contributed by atoms with Crippen molar-refractivity contribution in [2.24, 2.45) is 0 Å². The number of ether oxygens (including phenoxy) is 2. The number of carbonyl (C=O) groups excluding carboxylic acids is 2. The summed E-state index contributed by atoms with van der Waals surface area (Å²) in [6.45, 7) is 1.12. The normalized spacial score (nSPS) is 11.2. The Balaban J connectivity index is 1.54. The van der Waals surface area contributed by atoms with E-state index in [1.807, 2.05) is 36.5 Å². The van der Waals surface area contributed by atoms with Crippen LogP contribution in [0, 0.1) is 0 Å². The maximum atomic E-state index is 13.1. The molecule has 2 aromatic carbocycles. The van der Waals surface area contributed by atoms with Crippen molar-refractivity contribution in [3.63, 3.8) is 0 Å². The van der Waals surface area contributed by atoms with Crippen LogP contribution in [-0.4, -0.2) is 52.3 Å². The Labute approximate surface area is 230 Å². The number of aromatic amines is 1. The summed E-state index contributed by atoms with van der Waals surface area (Å²) in [6.07, 6.45) is 4.40. The number of hydrogen-bond acceptors (Lipinski definition) is 7. The molecule has 0 spiro atoms. The minimum atomic E-state index is -0.576. The van der Waals surface area contributed by atoms with Crippen molar-refractivity contribution in [3.8, 4) is 5.75 Å². The SMILES string of the molecule is COCCC(=O)Nc1c(C(=O)OC)n(CCc2c[nH]c3ccccc23)c2ncc(NCc3cccc(O)c3)cc12. The van der Waals surface area contributed by atoms with Gasteiger partial charge in [0.05, 0.1) is 37.7 Å². The van der Waals surface area contributed by atoms with Crippen LogP contribution in [0.2, 0.25) is 0 Å². The summed E-state index contributed by atoms with van der Waals surface area (Å²) in [5.74, 6) is -0.682. The van der Waals surface area contributed by atoms with Crippen LogP contribution in [0.4, 0.5) is 11.4 Å². The molecule has 0 radical (unpaired) electrons. The van der Waals surface area contributed by atoms with Gasteiger partial charge in [0, 0.05) is 42.7 Å². The summed E-state index contributed by atoms with van der Waals surface area (Å²) >= 11 is 0. The Morgan fingerprint density at radius 2 is 1.93 bits per heavy atom. The van der Waals surface area contributed by atoms with Crippen molar-refractivity contribution in [1.82, 2.24) is 14.5 Å². The van der Waals surface area contributed by atoms with Gasteiger partial charge in [-0.3, -0.25) is 4.79 Å². The number of esters is 1. The number of rotatable bonds is 11. The number of phenols is 1. The van der Waals surface area contributed by atoms with E-state index in [1.54, 1.807) is 29.0 Å². The number of nitrogens with zero attached hydrogens (tertiary/aromatic N) is 2. The number of phenolic OH excluding ortho intramolecular Hbond substituents is 1. The lowest BCUT2D eigenvalue weighted by atomic mass is 10.1. The summed E-state index contributed by atoms with van der Waals surface area (Å²) in [5, 5.41) is 17.7. The van der Waals surface area contributed by atoms with Crippen molar-refractivity contribution in [2.75, 3.05) is 31.5 Å². The molecular formula is C30H31N5O5. The third kappa shape index (κ3) is 5.62. The van der Waals surface area contributed by atoms with E-state index in [9.17, 15) is 14.7 Å². The molecule has 5 aromatic rings. The number of anilines is 2. The lowest BCUT2D eigenvalue weighted by molar-refractivity contribution is -0.117. The molecule has 40 heavy (non-hydrogen) atoms. The van der Waals surface area contributed by atoms with Gasteiger partial charge in [-0.05, 0) is 41.8 Å². The molecule has 206 valence electrons. The summed E-state index contributed by atoms with van der Waals surface area (Å²) in [6, 6.07) is 16.9. The number of benzene rings is 2. The zero-order valence-electron chi connectivity index (χ0n) is 22.4. The second kappa shape index (κ2) is 11.9. The number of carbonyl (C=O) groups is 2. The molecule has 5 rings (SSSR count). The average Bonchev–Trinajstić information content (AvgIpc) is 3.52. The van der Waals surface area contributed by atoms with E-state index in [0.717, 1.165) is 22.0 Å². The molecule has 1 amide bonds. The van der Waals surface area contributed by atoms with Gasteiger partial charge in [0.2, 0.25) is 5.91 Å². The van der Waals surface area contributed by atoms with Gasteiger partial charge in [-0.25, -0.2) is 9.78 Å². The molecule has 0 atom stereocenters. The van der Waals surface area contributed by atoms with Crippen LogP contribution in [0.15, 0.2) is 67.0 Å². The lowest BCUT2D eigenvalue weighted by Crippen LogP contribution is -2.18. The van der Waals surface area contributed by atoms with Crippen LogP contribution in [0.3, 0.4) is 0 Å². The molecule has 0 saturated heterocycles. The second-order valence-corrected chi connectivity index (χ2v) is 9.39. The number of nitrogens with one attached hydrogen (secondary N) is 3. The molecule has 0 bridgehead atoms. The second-order valence-electron chi connectivity index (χ2n) is 9.39. The predicted octanol–water partition coefficient (Wildman–Crippen LogP) is 4.84. The molecule has 10 heteroatoms. The monoisotopic (exact) mass is 541 g/mol. The number of aromatic hydroxyl groups is 1. The smallest absolute Gasteiger partial charge is 0.356 e. The highest BCUT2D eigenvalue weighted by Gasteiger charge is 2.26. The van der Waals surface area contributed by atoms with Gasteiger partial charge < -0.3 is 34.8 Å². The van der Waals surface area contributed by atoms with E-state index >= 15 is 0 Å². The van der Waals surface area contributed by atoms with Crippen LogP contribution in [0.25, 0.3) is 21.9 Å². The van der Waals surface area contributed by atoms with Crippen LogP contribution in [0.1, 0.15) is 28.0 Å². The molecule has 3 heterocycles. The van der Waals surface area contributed by atoms with Crippen LogP contribution in [-0.2, 0) is 33.8 Å². The Morgan fingerprint density at radius 3 is 2.73 bits per heavy atom. The highest BCUT2D eigenvalue weighted by atomic mass is 16.5. The zero-order chi connectivity index (χ0) is 28.1. The van der Waals surface area contributed by atoms with Gasteiger partial charge in [0.1, 0.15) is 11.4 Å². The quantitative estimate of drug-likeness (QED) is 0.176. The van der Waals surface area contributed by atoms with Crippen molar-refractivity contribution in [3.05, 3.63) is 83.8 Å². The van der Waals surface area contributed by atoms with Crippen molar-refractivity contribution in [1.29, 1.82) is 0 Å². The van der Waals surface area contributed by atoms with E-state index in [4.69, 9.17) is 14.5 Å². The fraction of sp³-hybridized carbons (Fsp3) is 0.233. The van der Waals surface area contributed by atoms with E-state index in [0.29, 0.717) is 41.9 Å². The third-order valence-electron chi connectivity index (χ3n) is 6.76.